The third kappa shape index (κ3) is 4.73. The molecule has 0 aromatic carbocycles. The summed E-state index contributed by atoms with van der Waals surface area (Å²) in [7, 11) is 0. The van der Waals surface area contributed by atoms with Gasteiger partial charge in [0.1, 0.15) is 18.3 Å². The van der Waals surface area contributed by atoms with Gasteiger partial charge in [-0.15, -0.1) is 0 Å². The second-order valence-corrected chi connectivity index (χ2v) is 3.95. The van der Waals surface area contributed by atoms with Gasteiger partial charge in [0.05, 0.1) is 6.61 Å². The van der Waals surface area contributed by atoms with Crippen molar-refractivity contribution >= 4 is 21.8 Å². The molecule has 96 valence electrons. The Bertz CT molecular complexity index is 217. The van der Waals surface area contributed by atoms with E-state index in [4.69, 9.17) is 10.2 Å². The lowest BCUT2D eigenvalue weighted by Gasteiger charge is -2.24. The highest BCUT2D eigenvalue weighted by Gasteiger charge is 2.33. The molecule has 0 radical (unpaired) electrons. The lowest BCUT2D eigenvalue weighted by atomic mass is 10.0. The Kier molecular flexibility index (Phi) is 7.81. The largest absolute Gasteiger partial charge is 0.394 e. The van der Waals surface area contributed by atoms with Crippen molar-refractivity contribution in [3.63, 3.8) is 0 Å². The molecule has 0 bridgehead atoms. The maximum atomic E-state index is 11.2. The number of nitrogens with one attached hydrogen (secondary N) is 1. The predicted molar refractivity (Wildman–Crippen MR) is 57.9 cm³/mol. The van der Waals surface area contributed by atoms with E-state index in [0.29, 0.717) is 5.33 Å². The second-order valence-electron chi connectivity index (χ2n) is 3.16. The third-order valence-electron chi connectivity index (χ3n) is 1.92. The number of halogens is 1. The number of hydrogen-bond donors (Lipinski definition) is 6. The highest BCUT2D eigenvalue weighted by atomic mass is 79.9. The monoisotopic (exact) mass is 301 g/mol. The Hall–Kier alpha value is -0.250. The summed E-state index contributed by atoms with van der Waals surface area (Å²) < 4.78 is 0. The number of alkyl halides is 1. The Balaban J connectivity index is 4.25. The van der Waals surface area contributed by atoms with E-state index < -0.39 is 36.9 Å². The van der Waals surface area contributed by atoms with E-state index in [2.05, 4.69) is 21.2 Å². The number of rotatable bonds is 7. The lowest BCUT2D eigenvalue weighted by Crippen LogP contribution is -2.51. The Labute approximate surface area is 101 Å². The van der Waals surface area contributed by atoms with E-state index in [1.54, 1.807) is 0 Å². The zero-order chi connectivity index (χ0) is 12.7. The average Bonchev–Trinajstić information content (AvgIpc) is 2.31. The topological polar surface area (TPSA) is 130 Å². The summed E-state index contributed by atoms with van der Waals surface area (Å²) in [6.07, 6.45) is -7.14. The molecule has 0 aromatic rings. The molecule has 0 aliphatic carbocycles. The molecule has 7 nitrogen and oxygen atoms in total. The molecule has 0 spiro atoms. The first kappa shape index (κ1) is 15.8. The van der Waals surface area contributed by atoms with E-state index >= 15 is 0 Å². The molecule has 0 aromatic heterocycles. The van der Waals surface area contributed by atoms with Crippen LogP contribution in [0, 0.1) is 0 Å². The maximum absolute atomic E-state index is 11.2. The minimum atomic E-state index is -1.87. The van der Waals surface area contributed by atoms with E-state index in [-0.39, 0.29) is 6.54 Å². The fourth-order valence-electron chi connectivity index (χ4n) is 0.952. The first-order valence-corrected chi connectivity index (χ1v) is 5.74. The van der Waals surface area contributed by atoms with Crippen LogP contribution in [0.2, 0.25) is 0 Å². The summed E-state index contributed by atoms with van der Waals surface area (Å²) in [6, 6.07) is 0. The zero-order valence-electron chi connectivity index (χ0n) is 8.45. The lowest BCUT2D eigenvalue weighted by molar-refractivity contribution is -0.148. The molecule has 6 N–H and O–H groups in total. The van der Waals surface area contributed by atoms with Gasteiger partial charge in [0.2, 0.25) is 0 Å². The molecule has 0 saturated carbocycles. The molecule has 16 heavy (non-hydrogen) atoms. The summed E-state index contributed by atoms with van der Waals surface area (Å²) in [5.41, 5.74) is 0. The molecule has 0 rings (SSSR count). The number of aliphatic hydroxyl groups excluding tert-OH is 5. The van der Waals surface area contributed by atoms with Gasteiger partial charge in [-0.3, -0.25) is 4.79 Å². The molecule has 8 heteroatoms. The van der Waals surface area contributed by atoms with Crippen molar-refractivity contribution in [3.05, 3.63) is 0 Å². The van der Waals surface area contributed by atoms with E-state index in [1.165, 1.54) is 0 Å². The maximum Gasteiger partial charge on any atom is 0.251 e. The van der Waals surface area contributed by atoms with Crippen LogP contribution in [0.25, 0.3) is 0 Å². The van der Waals surface area contributed by atoms with Crippen molar-refractivity contribution in [1.29, 1.82) is 0 Å². The van der Waals surface area contributed by atoms with Gasteiger partial charge in [0.15, 0.2) is 6.10 Å². The van der Waals surface area contributed by atoms with Gasteiger partial charge in [-0.25, -0.2) is 0 Å². The number of carbonyl (C=O) groups is 1. The molecule has 4 atom stereocenters. The Morgan fingerprint density at radius 1 is 1.19 bits per heavy atom. The molecule has 0 heterocycles. The molecule has 0 fully saturated rings. The third-order valence-corrected chi connectivity index (χ3v) is 2.31. The molecular weight excluding hydrogens is 286 g/mol. The SMILES string of the molecule is O=C(NCCBr)[C@H](O)[C@H](O)[C@H](O)[C@@H](O)CO. The van der Waals surface area contributed by atoms with Gasteiger partial charge in [0.25, 0.3) is 5.91 Å². The van der Waals surface area contributed by atoms with Gasteiger partial charge < -0.3 is 30.8 Å². The molecule has 0 saturated heterocycles. The van der Waals surface area contributed by atoms with Crippen molar-refractivity contribution in [3.8, 4) is 0 Å². The highest BCUT2D eigenvalue weighted by molar-refractivity contribution is 9.09. The van der Waals surface area contributed by atoms with E-state index in [9.17, 15) is 20.1 Å². The number of aliphatic hydroxyl groups is 5. The van der Waals surface area contributed by atoms with Crippen LogP contribution in [0.4, 0.5) is 0 Å². The minimum absolute atomic E-state index is 0.251. The van der Waals surface area contributed by atoms with Gasteiger partial charge in [-0.05, 0) is 0 Å². The van der Waals surface area contributed by atoms with Gasteiger partial charge in [0, 0.05) is 11.9 Å². The van der Waals surface area contributed by atoms with Crippen molar-refractivity contribution in [2.75, 3.05) is 18.5 Å². The number of carbonyl (C=O) groups excluding carboxylic acids is 1. The summed E-state index contributed by atoms with van der Waals surface area (Å²) in [4.78, 5) is 11.2. The van der Waals surface area contributed by atoms with Gasteiger partial charge in [-0.1, -0.05) is 15.9 Å². The summed E-state index contributed by atoms with van der Waals surface area (Å²) >= 11 is 3.05. The molecule has 0 unspecified atom stereocenters. The molecule has 0 aliphatic heterocycles. The Morgan fingerprint density at radius 3 is 2.19 bits per heavy atom. The van der Waals surface area contributed by atoms with Crippen LogP contribution in [0.3, 0.4) is 0 Å². The van der Waals surface area contributed by atoms with Crippen LogP contribution < -0.4 is 5.32 Å². The summed E-state index contributed by atoms with van der Waals surface area (Å²) in [5.74, 6) is -0.865. The fraction of sp³-hybridized carbons (Fsp3) is 0.875. The van der Waals surface area contributed by atoms with Gasteiger partial charge >= 0.3 is 0 Å². The highest BCUT2D eigenvalue weighted by Crippen LogP contribution is 2.05. The standard InChI is InChI=1S/C8H16BrNO6/c9-1-2-10-8(16)7(15)6(14)5(13)4(12)3-11/h4-7,11-15H,1-3H2,(H,10,16)/t4-,5+,6+,7+/m0/s1. The first-order chi connectivity index (χ1) is 7.45. The molecule has 1 amide bonds. The van der Waals surface area contributed by atoms with Crippen molar-refractivity contribution < 1.29 is 30.3 Å². The summed E-state index contributed by atoms with van der Waals surface area (Å²) in [6.45, 7) is -0.533. The van der Waals surface area contributed by atoms with Crippen molar-refractivity contribution in [2.45, 2.75) is 24.4 Å². The molecular formula is C8H16BrNO6. The van der Waals surface area contributed by atoms with Crippen LogP contribution in [-0.2, 0) is 4.79 Å². The number of hydrogen-bond acceptors (Lipinski definition) is 6. The van der Waals surface area contributed by atoms with E-state index in [0.717, 1.165) is 0 Å². The van der Waals surface area contributed by atoms with Gasteiger partial charge in [-0.2, -0.15) is 0 Å². The smallest absolute Gasteiger partial charge is 0.251 e. The minimum Gasteiger partial charge on any atom is -0.394 e. The normalized spacial score (nSPS) is 18.6. The molecule has 0 aliphatic rings. The van der Waals surface area contributed by atoms with Crippen LogP contribution in [0.1, 0.15) is 0 Å². The van der Waals surface area contributed by atoms with Crippen LogP contribution in [0.15, 0.2) is 0 Å². The van der Waals surface area contributed by atoms with E-state index in [1.807, 2.05) is 0 Å². The summed E-state index contributed by atoms with van der Waals surface area (Å²) in [5, 5.41) is 48.1. The Morgan fingerprint density at radius 2 is 1.75 bits per heavy atom. The predicted octanol–water partition coefficient (Wildman–Crippen LogP) is -3.07. The van der Waals surface area contributed by atoms with Crippen LogP contribution >= 0.6 is 15.9 Å². The van der Waals surface area contributed by atoms with Crippen LogP contribution in [0.5, 0.6) is 0 Å². The quantitative estimate of drug-likeness (QED) is 0.277. The number of amides is 1. The van der Waals surface area contributed by atoms with Crippen LogP contribution in [-0.4, -0.2) is 74.3 Å². The second kappa shape index (κ2) is 7.93. The van der Waals surface area contributed by atoms with Crippen molar-refractivity contribution in [2.24, 2.45) is 0 Å². The average molecular weight is 302 g/mol. The fourth-order valence-corrected chi connectivity index (χ4v) is 1.15. The zero-order valence-corrected chi connectivity index (χ0v) is 10.0. The van der Waals surface area contributed by atoms with Crippen molar-refractivity contribution in [1.82, 2.24) is 5.32 Å². The first-order valence-electron chi connectivity index (χ1n) is 4.62.